The number of ether oxygens (including phenoxy) is 2. The molecule has 142 valence electrons. The largest absolute Gasteiger partial charge is 0.490 e. The SMILES string of the molecule is CCOc1cc(CNCCCNC)c(Br)cc1OCc1ccc(Cl)cc1. The van der Waals surface area contributed by atoms with Crippen molar-refractivity contribution in [3.8, 4) is 11.5 Å². The van der Waals surface area contributed by atoms with Crippen molar-refractivity contribution >= 4 is 27.5 Å². The summed E-state index contributed by atoms with van der Waals surface area (Å²) in [5.41, 5.74) is 2.21. The summed E-state index contributed by atoms with van der Waals surface area (Å²) < 4.78 is 12.8. The standard InChI is InChI=1S/C20H26BrClN2O2/c1-3-25-19-11-16(13-24-10-4-9-23-2)18(21)12-20(19)26-14-15-5-7-17(22)8-6-15/h5-8,11-12,23-24H,3-4,9-10,13-14H2,1-2H3. The third kappa shape index (κ3) is 6.80. The Hall–Kier alpha value is -1.27. The first-order valence-electron chi connectivity index (χ1n) is 8.81. The van der Waals surface area contributed by atoms with E-state index in [0.29, 0.717) is 13.2 Å². The van der Waals surface area contributed by atoms with Gasteiger partial charge in [0.15, 0.2) is 11.5 Å². The maximum atomic E-state index is 5.98. The summed E-state index contributed by atoms with van der Waals surface area (Å²) in [6.07, 6.45) is 1.09. The summed E-state index contributed by atoms with van der Waals surface area (Å²) in [4.78, 5) is 0. The summed E-state index contributed by atoms with van der Waals surface area (Å²) in [5.74, 6) is 1.49. The van der Waals surface area contributed by atoms with Crippen molar-refractivity contribution in [1.82, 2.24) is 10.6 Å². The van der Waals surface area contributed by atoms with Crippen molar-refractivity contribution in [2.45, 2.75) is 26.5 Å². The van der Waals surface area contributed by atoms with Crippen LogP contribution in [0, 0.1) is 0 Å². The van der Waals surface area contributed by atoms with Crippen molar-refractivity contribution in [3.63, 3.8) is 0 Å². The van der Waals surface area contributed by atoms with Crippen molar-refractivity contribution < 1.29 is 9.47 Å². The zero-order chi connectivity index (χ0) is 18.8. The van der Waals surface area contributed by atoms with Crippen LogP contribution in [0.5, 0.6) is 11.5 Å². The Morgan fingerprint density at radius 3 is 2.46 bits per heavy atom. The Balaban J connectivity index is 2.03. The monoisotopic (exact) mass is 440 g/mol. The molecule has 0 bridgehead atoms. The van der Waals surface area contributed by atoms with Crippen LogP contribution >= 0.6 is 27.5 Å². The summed E-state index contributed by atoms with van der Waals surface area (Å²) in [6.45, 7) is 5.78. The second-order valence-corrected chi connectivity index (χ2v) is 7.16. The summed E-state index contributed by atoms with van der Waals surface area (Å²) in [6, 6.07) is 11.7. The van der Waals surface area contributed by atoms with Crippen LogP contribution in [0.25, 0.3) is 0 Å². The van der Waals surface area contributed by atoms with E-state index < -0.39 is 0 Å². The Bertz CT molecular complexity index is 680. The smallest absolute Gasteiger partial charge is 0.162 e. The molecule has 26 heavy (non-hydrogen) atoms. The van der Waals surface area contributed by atoms with E-state index in [1.165, 1.54) is 0 Å². The highest BCUT2D eigenvalue weighted by molar-refractivity contribution is 9.10. The molecule has 0 saturated carbocycles. The van der Waals surface area contributed by atoms with E-state index in [1.54, 1.807) is 0 Å². The Labute approximate surface area is 169 Å². The van der Waals surface area contributed by atoms with Gasteiger partial charge in [0, 0.05) is 16.0 Å². The van der Waals surface area contributed by atoms with E-state index in [-0.39, 0.29) is 0 Å². The maximum Gasteiger partial charge on any atom is 0.162 e. The minimum atomic E-state index is 0.464. The number of halogens is 2. The summed E-state index contributed by atoms with van der Waals surface area (Å²) in [7, 11) is 1.97. The van der Waals surface area contributed by atoms with Crippen LogP contribution in [-0.4, -0.2) is 26.7 Å². The molecule has 0 aliphatic heterocycles. The lowest BCUT2D eigenvalue weighted by atomic mass is 10.2. The molecule has 0 atom stereocenters. The van der Waals surface area contributed by atoms with Gasteiger partial charge >= 0.3 is 0 Å². The third-order valence-electron chi connectivity index (χ3n) is 3.82. The molecule has 4 nitrogen and oxygen atoms in total. The molecule has 0 aromatic heterocycles. The lowest BCUT2D eigenvalue weighted by molar-refractivity contribution is 0.269. The van der Waals surface area contributed by atoms with Crippen molar-refractivity contribution in [2.75, 3.05) is 26.7 Å². The van der Waals surface area contributed by atoms with Crippen LogP contribution in [0.3, 0.4) is 0 Å². The van der Waals surface area contributed by atoms with E-state index in [9.17, 15) is 0 Å². The molecule has 2 N–H and O–H groups in total. The first kappa shape index (κ1) is 21.0. The van der Waals surface area contributed by atoms with Gasteiger partial charge in [-0.1, -0.05) is 39.7 Å². The van der Waals surface area contributed by atoms with Crippen molar-refractivity contribution in [2.24, 2.45) is 0 Å². The van der Waals surface area contributed by atoms with Crippen LogP contribution in [0.2, 0.25) is 5.02 Å². The van der Waals surface area contributed by atoms with Gasteiger partial charge in [-0.25, -0.2) is 0 Å². The zero-order valence-corrected chi connectivity index (χ0v) is 17.6. The normalized spacial score (nSPS) is 10.8. The van der Waals surface area contributed by atoms with Gasteiger partial charge in [0.1, 0.15) is 6.61 Å². The summed E-state index contributed by atoms with van der Waals surface area (Å²) in [5, 5.41) is 7.32. The minimum Gasteiger partial charge on any atom is -0.490 e. The number of benzene rings is 2. The molecule has 0 spiro atoms. The highest BCUT2D eigenvalue weighted by atomic mass is 79.9. The van der Waals surface area contributed by atoms with Gasteiger partial charge in [0.2, 0.25) is 0 Å². The number of hydrogen-bond acceptors (Lipinski definition) is 4. The maximum absolute atomic E-state index is 5.98. The fourth-order valence-corrected chi connectivity index (χ4v) is 3.04. The average Bonchev–Trinajstić information content (AvgIpc) is 2.64. The van der Waals surface area contributed by atoms with Crippen molar-refractivity contribution in [3.05, 3.63) is 57.0 Å². The molecule has 0 aliphatic rings. The van der Waals surface area contributed by atoms with Crippen LogP contribution < -0.4 is 20.1 Å². The first-order chi connectivity index (χ1) is 12.6. The van der Waals surface area contributed by atoms with Gasteiger partial charge in [-0.05, 0) is 68.9 Å². The highest BCUT2D eigenvalue weighted by Crippen LogP contribution is 2.34. The van der Waals surface area contributed by atoms with Crippen LogP contribution in [0.15, 0.2) is 40.9 Å². The fourth-order valence-electron chi connectivity index (χ4n) is 2.45. The van der Waals surface area contributed by atoms with E-state index >= 15 is 0 Å². The Morgan fingerprint density at radius 2 is 1.77 bits per heavy atom. The fraction of sp³-hybridized carbons (Fsp3) is 0.400. The van der Waals surface area contributed by atoms with Crippen LogP contribution in [0.1, 0.15) is 24.5 Å². The molecule has 2 aromatic rings. The molecule has 0 radical (unpaired) electrons. The lowest BCUT2D eigenvalue weighted by Crippen LogP contribution is -2.19. The molecule has 0 saturated heterocycles. The van der Waals surface area contributed by atoms with E-state index in [2.05, 4.69) is 26.6 Å². The van der Waals surface area contributed by atoms with Gasteiger partial charge in [-0.3, -0.25) is 0 Å². The van der Waals surface area contributed by atoms with E-state index in [0.717, 1.165) is 58.2 Å². The van der Waals surface area contributed by atoms with Gasteiger partial charge in [-0.2, -0.15) is 0 Å². The van der Waals surface area contributed by atoms with E-state index in [4.69, 9.17) is 21.1 Å². The predicted molar refractivity (Wildman–Crippen MR) is 111 cm³/mol. The molecule has 2 aromatic carbocycles. The molecule has 0 heterocycles. The molecule has 0 amide bonds. The van der Waals surface area contributed by atoms with Gasteiger partial charge in [0.05, 0.1) is 6.61 Å². The number of rotatable bonds is 11. The lowest BCUT2D eigenvalue weighted by Gasteiger charge is -2.15. The van der Waals surface area contributed by atoms with E-state index in [1.807, 2.05) is 50.4 Å². The van der Waals surface area contributed by atoms with Gasteiger partial charge < -0.3 is 20.1 Å². The topological polar surface area (TPSA) is 42.5 Å². The van der Waals surface area contributed by atoms with Crippen molar-refractivity contribution in [1.29, 1.82) is 0 Å². The van der Waals surface area contributed by atoms with Crippen LogP contribution in [0.4, 0.5) is 0 Å². The third-order valence-corrected chi connectivity index (χ3v) is 4.81. The molecule has 2 rings (SSSR count). The molecule has 6 heteroatoms. The minimum absolute atomic E-state index is 0.464. The zero-order valence-electron chi connectivity index (χ0n) is 15.3. The second-order valence-electron chi connectivity index (χ2n) is 5.87. The quantitative estimate of drug-likeness (QED) is 0.493. The molecule has 0 aliphatic carbocycles. The van der Waals surface area contributed by atoms with Gasteiger partial charge in [-0.15, -0.1) is 0 Å². The predicted octanol–water partition coefficient (Wildman–Crippen LogP) is 4.78. The molecule has 0 unspecified atom stereocenters. The van der Waals surface area contributed by atoms with Gasteiger partial charge in [0.25, 0.3) is 0 Å². The Morgan fingerprint density at radius 1 is 1.04 bits per heavy atom. The molecular formula is C20H26BrClN2O2. The summed E-state index contributed by atoms with van der Waals surface area (Å²) >= 11 is 9.57. The Kier molecular flexibility index (Phi) is 9.26. The first-order valence-corrected chi connectivity index (χ1v) is 9.99. The molecular weight excluding hydrogens is 416 g/mol. The second kappa shape index (κ2) is 11.4. The molecule has 0 fully saturated rings. The highest BCUT2D eigenvalue weighted by Gasteiger charge is 2.11. The van der Waals surface area contributed by atoms with Crippen LogP contribution in [-0.2, 0) is 13.2 Å². The average molecular weight is 442 g/mol. The number of nitrogens with one attached hydrogen (secondary N) is 2. The number of hydrogen-bond donors (Lipinski definition) is 2.